The Morgan fingerprint density at radius 2 is 1.68 bits per heavy atom. The van der Waals surface area contributed by atoms with Gasteiger partial charge in [0.15, 0.2) is 11.8 Å². The highest BCUT2D eigenvalue weighted by Gasteiger charge is 2.22. The van der Waals surface area contributed by atoms with Gasteiger partial charge in [0.25, 0.3) is 0 Å². The molecule has 0 fully saturated rings. The first-order valence-electron chi connectivity index (χ1n) is 10.4. The molecule has 0 atom stereocenters. The van der Waals surface area contributed by atoms with Crippen LogP contribution in [0.15, 0.2) is 71.3 Å². The van der Waals surface area contributed by atoms with Crippen LogP contribution in [0.5, 0.6) is 0 Å². The molecular formula is C28H23N2O+. The van der Waals surface area contributed by atoms with Gasteiger partial charge in [-0.25, -0.2) is 4.57 Å². The molecule has 0 aliphatic heterocycles. The summed E-state index contributed by atoms with van der Waals surface area (Å²) >= 11 is 0. The molecule has 2 heterocycles. The molecule has 0 spiro atoms. The molecule has 0 unspecified atom stereocenters. The van der Waals surface area contributed by atoms with Gasteiger partial charge in [-0.05, 0) is 61.2 Å². The number of aryl methyl sites for hydroxylation is 4. The summed E-state index contributed by atoms with van der Waals surface area (Å²) in [4.78, 5) is 0. The Hall–Kier alpha value is -3.90. The van der Waals surface area contributed by atoms with Crippen LogP contribution in [-0.2, 0) is 7.05 Å². The number of furan rings is 1. The molecule has 31 heavy (non-hydrogen) atoms. The lowest BCUT2D eigenvalue weighted by Crippen LogP contribution is -2.30. The van der Waals surface area contributed by atoms with Gasteiger partial charge in [-0.15, -0.1) is 0 Å². The minimum atomic E-state index is 0.560. The largest absolute Gasteiger partial charge is 0.454 e. The highest BCUT2D eigenvalue weighted by molar-refractivity contribution is 6.12. The molecule has 0 aliphatic carbocycles. The van der Waals surface area contributed by atoms with Crippen LogP contribution in [0.1, 0.15) is 22.3 Å². The number of hydrogen-bond donors (Lipinski definition) is 0. The van der Waals surface area contributed by atoms with E-state index in [4.69, 9.17) is 4.42 Å². The number of nitrogens with zero attached hydrogens (tertiary/aromatic N) is 2. The molecule has 3 aromatic carbocycles. The van der Waals surface area contributed by atoms with Gasteiger partial charge in [0.1, 0.15) is 18.7 Å². The highest BCUT2D eigenvalue weighted by atomic mass is 16.3. The fourth-order valence-electron chi connectivity index (χ4n) is 4.52. The Bertz CT molecular complexity index is 1530. The number of benzene rings is 3. The molecule has 0 saturated heterocycles. The number of aromatic nitrogens is 1. The molecule has 5 aromatic rings. The van der Waals surface area contributed by atoms with E-state index in [0.29, 0.717) is 11.1 Å². The van der Waals surface area contributed by atoms with E-state index in [1.165, 1.54) is 11.1 Å². The van der Waals surface area contributed by atoms with E-state index in [1.54, 1.807) is 0 Å². The zero-order valence-corrected chi connectivity index (χ0v) is 18.2. The molecule has 3 heteroatoms. The molecule has 5 rings (SSSR count). The van der Waals surface area contributed by atoms with Crippen LogP contribution in [0.25, 0.3) is 44.3 Å². The second-order valence-corrected chi connectivity index (χ2v) is 8.26. The van der Waals surface area contributed by atoms with Gasteiger partial charge in [-0.2, -0.15) is 5.26 Å². The summed E-state index contributed by atoms with van der Waals surface area (Å²) in [6.07, 6.45) is 2.04. The van der Waals surface area contributed by atoms with Gasteiger partial charge in [0.2, 0.25) is 5.69 Å². The topological polar surface area (TPSA) is 40.8 Å². The Kier molecular flexibility index (Phi) is 4.38. The SMILES string of the molecule is Cc1ccc(-c2cc(C#N)c3oc4c(-c5cccc[n+]5C)c(C)ccc4c3c2)c(C)c1. The Labute approximate surface area is 181 Å². The van der Waals surface area contributed by atoms with Crippen molar-refractivity contribution in [1.29, 1.82) is 5.26 Å². The molecule has 0 amide bonds. The first kappa shape index (κ1) is 19.1. The molecule has 3 nitrogen and oxygen atoms in total. The molecule has 2 aromatic heterocycles. The van der Waals surface area contributed by atoms with E-state index < -0.39 is 0 Å². The fraction of sp³-hybridized carbons (Fsp3) is 0.143. The average molecular weight is 404 g/mol. The van der Waals surface area contributed by atoms with Gasteiger partial charge in [0, 0.05) is 22.9 Å². The quantitative estimate of drug-likeness (QED) is 0.314. The van der Waals surface area contributed by atoms with Crippen molar-refractivity contribution >= 4 is 21.9 Å². The van der Waals surface area contributed by atoms with Crippen molar-refractivity contribution in [1.82, 2.24) is 0 Å². The number of fused-ring (bicyclic) bond motifs is 3. The van der Waals surface area contributed by atoms with Crippen LogP contribution in [0.2, 0.25) is 0 Å². The van der Waals surface area contributed by atoms with Crippen molar-refractivity contribution in [3.8, 4) is 28.5 Å². The number of rotatable bonds is 2. The summed E-state index contributed by atoms with van der Waals surface area (Å²) in [6, 6.07) is 23.3. The lowest BCUT2D eigenvalue weighted by atomic mass is 9.95. The Balaban J connectivity index is 1.87. The zero-order chi connectivity index (χ0) is 21.7. The first-order valence-corrected chi connectivity index (χ1v) is 10.4. The molecule has 0 radical (unpaired) electrons. The van der Waals surface area contributed by atoms with E-state index >= 15 is 0 Å². The normalized spacial score (nSPS) is 11.2. The smallest absolute Gasteiger partial charge is 0.216 e. The Morgan fingerprint density at radius 3 is 2.42 bits per heavy atom. The third-order valence-corrected chi connectivity index (χ3v) is 6.07. The van der Waals surface area contributed by atoms with Crippen LogP contribution in [0.3, 0.4) is 0 Å². The maximum absolute atomic E-state index is 9.92. The number of pyridine rings is 1. The highest BCUT2D eigenvalue weighted by Crippen LogP contribution is 2.40. The maximum Gasteiger partial charge on any atom is 0.216 e. The van der Waals surface area contributed by atoms with E-state index in [0.717, 1.165) is 44.3 Å². The zero-order valence-electron chi connectivity index (χ0n) is 18.2. The van der Waals surface area contributed by atoms with Crippen molar-refractivity contribution in [2.45, 2.75) is 20.8 Å². The minimum Gasteiger partial charge on any atom is -0.454 e. The van der Waals surface area contributed by atoms with Gasteiger partial charge < -0.3 is 4.42 Å². The second-order valence-electron chi connectivity index (χ2n) is 8.26. The van der Waals surface area contributed by atoms with Crippen LogP contribution in [0.4, 0.5) is 0 Å². The van der Waals surface area contributed by atoms with Crippen LogP contribution in [-0.4, -0.2) is 0 Å². The molecule has 150 valence electrons. The van der Waals surface area contributed by atoms with E-state index in [1.807, 2.05) is 31.4 Å². The standard InChI is InChI=1S/C28H23N2O/c1-17-8-10-22(19(3)13-17)20-14-21(16-29)27-24(15-20)23-11-9-18(2)26(28(23)31-27)25-7-5-6-12-30(25)4/h5-15H,1-4H3/q+1. The maximum atomic E-state index is 9.92. The summed E-state index contributed by atoms with van der Waals surface area (Å²) in [5.41, 5.74) is 9.92. The predicted octanol–water partition coefficient (Wildman–Crippen LogP) is 6.54. The van der Waals surface area contributed by atoms with Gasteiger partial charge >= 0.3 is 0 Å². The fourth-order valence-corrected chi connectivity index (χ4v) is 4.52. The van der Waals surface area contributed by atoms with Crippen molar-refractivity contribution in [3.05, 3.63) is 89.1 Å². The van der Waals surface area contributed by atoms with Gasteiger partial charge in [-0.1, -0.05) is 35.9 Å². The molecule has 0 N–H and O–H groups in total. The third kappa shape index (κ3) is 3.00. The van der Waals surface area contributed by atoms with E-state index in [9.17, 15) is 5.26 Å². The van der Waals surface area contributed by atoms with Crippen molar-refractivity contribution in [3.63, 3.8) is 0 Å². The van der Waals surface area contributed by atoms with Crippen LogP contribution < -0.4 is 4.57 Å². The van der Waals surface area contributed by atoms with E-state index in [2.05, 4.69) is 73.9 Å². The summed E-state index contributed by atoms with van der Waals surface area (Å²) in [6.45, 7) is 6.31. The number of nitriles is 1. The predicted molar refractivity (Wildman–Crippen MR) is 125 cm³/mol. The molecule has 0 saturated carbocycles. The summed E-state index contributed by atoms with van der Waals surface area (Å²) < 4.78 is 8.50. The van der Waals surface area contributed by atoms with Crippen molar-refractivity contribution in [2.24, 2.45) is 7.05 Å². The summed E-state index contributed by atoms with van der Waals surface area (Å²) in [7, 11) is 2.04. The van der Waals surface area contributed by atoms with Crippen molar-refractivity contribution in [2.75, 3.05) is 0 Å². The lowest BCUT2D eigenvalue weighted by Gasteiger charge is -2.08. The Morgan fingerprint density at radius 1 is 0.839 bits per heavy atom. The minimum absolute atomic E-state index is 0.560. The molecular weight excluding hydrogens is 380 g/mol. The van der Waals surface area contributed by atoms with E-state index in [-0.39, 0.29) is 0 Å². The monoisotopic (exact) mass is 403 g/mol. The molecule has 0 bridgehead atoms. The summed E-state index contributed by atoms with van der Waals surface area (Å²) in [5.74, 6) is 0. The van der Waals surface area contributed by atoms with Crippen molar-refractivity contribution < 1.29 is 8.98 Å². The molecule has 0 aliphatic rings. The second kappa shape index (κ2) is 7.11. The summed E-state index contributed by atoms with van der Waals surface area (Å²) in [5, 5.41) is 11.9. The van der Waals surface area contributed by atoms with Gasteiger partial charge in [-0.3, -0.25) is 0 Å². The van der Waals surface area contributed by atoms with Crippen LogP contribution >= 0.6 is 0 Å². The first-order chi connectivity index (χ1) is 15.0. The lowest BCUT2D eigenvalue weighted by molar-refractivity contribution is -0.660. The third-order valence-electron chi connectivity index (χ3n) is 6.07. The number of hydrogen-bond acceptors (Lipinski definition) is 2. The average Bonchev–Trinajstić information content (AvgIpc) is 3.12. The van der Waals surface area contributed by atoms with Crippen LogP contribution in [0, 0.1) is 32.1 Å². The van der Waals surface area contributed by atoms with Gasteiger partial charge in [0.05, 0.1) is 11.1 Å².